The SMILES string of the molecule is O=S(=O)(Cl)c1cc2c(cc1Br)CCC2. The molecule has 0 fully saturated rings. The van der Waals surface area contributed by atoms with Gasteiger partial charge in [-0.2, -0.15) is 0 Å². The van der Waals surface area contributed by atoms with Crippen LogP contribution in [0.1, 0.15) is 17.5 Å². The Labute approximate surface area is 95.8 Å². The number of aryl methyl sites for hydroxylation is 2. The maximum absolute atomic E-state index is 11.2. The average molecular weight is 296 g/mol. The van der Waals surface area contributed by atoms with E-state index in [1.807, 2.05) is 6.07 Å². The molecule has 0 unspecified atom stereocenters. The van der Waals surface area contributed by atoms with Gasteiger partial charge >= 0.3 is 0 Å². The molecule has 1 aliphatic carbocycles. The van der Waals surface area contributed by atoms with Crippen LogP contribution in [0, 0.1) is 0 Å². The van der Waals surface area contributed by atoms with Crippen LogP contribution in [0.5, 0.6) is 0 Å². The number of hydrogen-bond acceptors (Lipinski definition) is 2. The minimum atomic E-state index is -3.63. The Balaban J connectivity index is 2.65. The van der Waals surface area contributed by atoms with E-state index in [9.17, 15) is 8.42 Å². The van der Waals surface area contributed by atoms with Gasteiger partial charge in [-0.15, -0.1) is 0 Å². The lowest BCUT2D eigenvalue weighted by molar-refractivity contribution is 0.609. The first kappa shape index (κ1) is 10.5. The van der Waals surface area contributed by atoms with Crippen LogP contribution in [0.15, 0.2) is 21.5 Å². The number of fused-ring (bicyclic) bond motifs is 1. The second-order valence-corrected chi connectivity index (χ2v) is 6.73. The molecule has 0 saturated carbocycles. The Bertz CT molecular complexity index is 482. The highest BCUT2D eigenvalue weighted by atomic mass is 79.9. The monoisotopic (exact) mass is 294 g/mol. The number of rotatable bonds is 1. The van der Waals surface area contributed by atoms with Gasteiger partial charge in [0, 0.05) is 15.2 Å². The van der Waals surface area contributed by atoms with E-state index in [1.54, 1.807) is 6.07 Å². The fraction of sp³-hybridized carbons (Fsp3) is 0.333. The van der Waals surface area contributed by atoms with Gasteiger partial charge in [0.05, 0.1) is 4.90 Å². The van der Waals surface area contributed by atoms with Gasteiger partial charge in [-0.05, 0) is 58.5 Å². The lowest BCUT2D eigenvalue weighted by Crippen LogP contribution is -1.95. The molecular formula is C9H8BrClO2S. The summed E-state index contributed by atoms with van der Waals surface area (Å²) >= 11 is 3.22. The molecule has 0 aromatic heterocycles. The molecule has 14 heavy (non-hydrogen) atoms. The summed E-state index contributed by atoms with van der Waals surface area (Å²) in [5.74, 6) is 0. The van der Waals surface area contributed by atoms with Crippen molar-refractivity contribution in [2.24, 2.45) is 0 Å². The minimum Gasteiger partial charge on any atom is -0.207 e. The normalized spacial score (nSPS) is 15.6. The highest BCUT2D eigenvalue weighted by Crippen LogP contribution is 2.32. The molecule has 2 nitrogen and oxygen atoms in total. The number of hydrogen-bond donors (Lipinski definition) is 0. The molecule has 0 amide bonds. The number of benzene rings is 1. The van der Waals surface area contributed by atoms with Crippen molar-refractivity contribution in [1.29, 1.82) is 0 Å². The summed E-state index contributed by atoms with van der Waals surface area (Å²) in [4.78, 5) is 0.180. The Morgan fingerprint density at radius 3 is 2.36 bits per heavy atom. The lowest BCUT2D eigenvalue weighted by atomic mass is 10.1. The van der Waals surface area contributed by atoms with E-state index in [0.29, 0.717) is 4.47 Å². The maximum atomic E-state index is 11.2. The highest BCUT2D eigenvalue weighted by Gasteiger charge is 2.19. The van der Waals surface area contributed by atoms with Crippen molar-refractivity contribution in [3.8, 4) is 0 Å². The fourth-order valence-electron chi connectivity index (χ4n) is 1.76. The lowest BCUT2D eigenvalue weighted by Gasteiger charge is -2.04. The second kappa shape index (κ2) is 3.51. The molecule has 0 heterocycles. The first-order chi connectivity index (χ1) is 6.48. The first-order valence-corrected chi connectivity index (χ1v) is 7.34. The molecule has 1 aromatic carbocycles. The molecule has 2 rings (SSSR count). The zero-order valence-corrected chi connectivity index (χ0v) is 10.4. The molecule has 5 heteroatoms. The second-order valence-electron chi connectivity index (χ2n) is 3.34. The molecule has 0 bridgehead atoms. The van der Waals surface area contributed by atoms with Crippen molar-refractivity contribution in [3.63, 3.8) is 0 Å². The van der Waals surface area contributed by atoms with E-state index in [-0.39, 0.29) is 4.90 Å². The van der Waals surface area contributed by atoms with Crippen LogP contribution >= 0.6 is 26.6 Å². The third-order valence-electron chi connectivity index (χ3n) is 2.41. The summed E-state index contributed by atoms with van der Waals surface area (Å²) in [6, 6.07) is 3.53. The van der Waals surface area contributed by atoms with Crippen LogP contribution < -0.4 is 0 Å². The van der Waals surface area contributed by atoms with Crippen LogP contribution in [0.2, 0.25) is 0 Å². The first-order valence-electron chi connectivity index (χ1n) is 4.24. The van der Waals surface area contributed by atoms with Crippen molar-refractivity contribution in [1.82, 2.24) is 0 Å². The fourth-order valence-corrected chi connectivity index (χ4v) is 4.03. The van der Waals surface area contributed by atoms with Crippen molar-refractivity contribution in [2.75, 3.05) is 0 Å². The van der Waals surface area contributed by atoms with Gasteiger partial charge in [-0.25, -0.2) is 8.42 Å². The summed E-state index contributed by atoms with van der Waals surface area (Å²) in [5, 5.41) is 0. The van der Waals surface area contributed by atoms with Crippen LogP contribution in [-0.2, 0) is 21.9 Å². The van der Waals surface area contributed by atoms with Gasteiger partial charge in [-0.3, -0.25) is 0 Å². The van der Waals surface area contributed by atoms with Crippen LogP contribution in [0.3, 0.4) is 0 Å². The smallest absolute Gasteiger partial charge is 0.207 e. The molecule has 0 atom stereocenters. The zero-order valence-electron chi connectivity index (χ0n) is 7.26. The summed E-state index contributed by atoms with van der Waals surface area (Å²) < 4.78 is 22.9. The van der Waals surface area contributed by atoms with E-state index in [4.69, 9.17) is 10.7 Å². The predicted molar refractivity (Wildman–Crippen MR) is 59.2 cm³/mol. The molecule has 1 aromatic rings. The summed E-state index contributed by atoms with van der Waals surface area (Å²) in [6.07, 6.45) is 3.06. The molecule has 76 valence electrons. The summed E-state index contributed by atoms with van der Waals surface area (Å²) in [7, 11) is 1.68. The maximum Gasteiger partial charge on any atom is 0.262 e. The van der Waals surface area contributed by atoms with Crippen LogP contribution in [0.25, 0.3) is 0 Å². The molecule has 0 aliphatic heterocycles. The largest absolute Gasteiger partial charge is 0.262 e. The zero-order chi connectivity index (χ0) is 10.3. The Morgan fingerprint density at radius 1 is 1.21 bits per heavy atom. The van der Waals surface area contributed by atoms with Gasteiger partial charge in [0.1, 0.15) is 0 Å². The van der Waals surface area contributed by atoms with E-state index < -0.39 is 9.05 Å². The van der Waals surface area contributed by atoms with E-state index in [1.165, 1.54) is 5.56 Å². The topological polar surface area (TPSA) is 34.1 Å². The van der Waals surface area contributed by atoms with Gasteiger partial charge in [0.25, 0.3) is 9.05 Å². The van der Waals surface area contributed by atoms with Crippen molar-refractivity contribution >= 4 is 35.7 Å². The molecule has 1 aliphatic rings. The summed E-state index contributed by atoms with van der Waals surface area (Å²) in [5.41, 5.74) is 2.33. The standard InChI is InChI=1S/C9H8BrClO2S/c10-8-4-6-2-1-3-7(6)5-9(8)14(11,12)13/h4-5H,1-3H2. The third-order valence-corrected chi connectivity index (χ3v) is 4.69. The van der Waals surface area contributed by atoms with Gasteiger partial charge in [0.2, 0.25) is 0 Å². The van der Waals surface area contributed by atoms with Gasteiger partial charge < -0.3 is 0 Å². The number of halogens is 2. The quantitative estimate of drug-likeness (QED) is 0.747. The Morgan fingerprint density at radius 2 is 1.79 bits per heavy atom. The summed E-state index contributed by atoms with van der Waals surface area (Å²) in [6.45, 7) is 0. The van der Waals surface area contributed by atoms with Crippen molar-refractivity contribution in [2.45, 2.75) is 24.2 Å². The van der Waals surface area contributed by atoms with E-state index in [0.717, 1.165) is 24.8 Å². The molecule has 0 spiro atoms. The minimum absolute atomic E-state index is 0.180. The third kappa shape index (κ3) is 1.83. The molecule has 0 saturated heterocycles. The predicted octanol–water partition coefficient (Wildman–Crippen LogP) is 2.87. The van der Waals surface area contributed by atoms with Crippen molar-refractivity contribution < 1.29 is 8.42 Å². The average Bonchev–Trinajstić information content (AvgIpc) is 2.47. The molecule has 0 radical (unpaired) electrons. The highest BCUT2D eigenvalue weighted by molar-refractivity contribution is 9.10. The van der Waals surface area contributed by atoms with Crippen LogP contribution in [-0.4, -0.2) is 8.42 Å². The van der Waals surface area contributed by atoms with Gasteiger partial charge in [-0.1, -0.05) is 0 Å². The molecule has 0 N–H and O–H groups in total. The van der Waals surface area contributed by atoms with Crippen molar-refractivity contribution in [3.05, 3.63) is 27.7 Å². The Kier molecular flexibility index (Phi) is 2.62. The van der Waals surface area contributed by atoms with Gasteiger partial charge in [0.15, 0.2) is 0 Å². The molecular weight excluding hydrogens is 288 g/mol. The van der Waals surface area contributed by atoms with E-state index >= 15 is 0 Å². The van der Waals surface area contributed by atoms with E-state index in [2.05, 4.69) is 15.9 Å². The Hall–Kier alpha value is -0.0600. The van der Waals surface area contributed by atoms with Crippen LogP contribution in [0.4, 0.5) is 0 Å².